The number of ether oxygens (including phenoxy) is 2. The van der Waals surface area contributed by atoms with Gasteiger partial charge in [-0.3, -0.25) is 9.69 Å². The molecular weight excluding hydrogens is 440 g/mol. The number of carbonyl (C=O) groups excluding carboxylic acids is 3. The number of para-hydroxylation sites is 1. The van der Waals surface area contributed by atoms with Crippen molar-refractivity contribution in [2.75, 3.05) is 46.4 Å². The van der Waals surface area contributed by atoms with Crippen LogP contribution in [0.15, 0.2) is 58.3 Å². The Labute approximate surface area is 197 Å². The maximum absolute atomic E-state index is 13.0. The number of urea groups is 1. The third-order valence-corrected chi connectivity index (χ3v) is 5.87. The van der Waals surface area contributed by atoms with Crippen molar-refractivity contribution in [3.63, 3.8) is 0 Å². The molecule has 0 saturated carbocycles. The monoisotopic (exact) mass is 468 g/mol. The number of rotatable bonds is 7. The molecule has 3 amide bonds. The molecule has 1 atom stereocenters. The summed E-state index contributed by atoms with van der Waals surface area (Å²) in [6.07, 6.45) is 1.48. The second-order valence-corrected chi connectivity index (χ2v) is 7.93. The molecule has 1 aromatic carbocycles. The molecular formula is C24H28N4O6. The summed E-state index contributed by atoms with van der Waals surface area (Å²) in [5.74, 6) is 0.210. The lowest BCUT2D eigenvalue weighted by molar-refractivity contribution is -0.139. The fraction of sp³-hybridized carbons (Fsp3) is 0.375. The Balaban J connectivity index is 1.57. The molecule has 2 aromatic rings. The zero-order chi connectivity index (χ0) is 24.1. The molecule has 2 aliphatic rings. The minimum Gasteiger partial charge on any atom is -0.496 e. The molecule has 3 heterocycles. The number of carbonyl (C=O) groups is 3. The van der Waals surface area contributed by atoms with Crippen molar-refractivity contribution >= 4 is 17.9 Å². The molecule has 2 N–H and O–H groups in total. The number of benzene rings is 1. The van der Waals surface area contributed by atoms with Crippen LogP contribution in [0.5, 0.6) is 5.75 Å². The SMILES string of the molecule is CCOC(=O)C1=C(CN2CCN(C(=O)c3ccco3)CC2)NC(=O)NC1c1ccccc1OC. The van der Waals surface area contributed by atoms with Crippen LogP contribution in [-0.4, -0.2) is 74.1 Å². The van der Waals surface area contributed by atoms with Crippen molar-refractivity contribution in [2.45, 2.75) is 13.0 Å². The van der Waals surface area contributed by atoms with Gasteiger partial charge in [-0.05, 0) is 25.1 Å². The van der Waals surface area contributed by atoms with Crippen molar-refractivity contribution < 1.29 is 28.3 Å². The van der Waals surface area contributed by atoms with Gasteiger partial charge in [-0.15, -0.1) is 0 Å². The van der Waals surface area contributed by atoms with Crippen LogP contribution in [0.1, 0.15) is 29.1 Å². The molecule has 1 saturated heterocycles. The first-order valence-electron chi connectivity index (χ1n) is 11.2. The van der Waals surface area contributed by atoms with Gasteiger partial charge in [0.1, 0.15) is 5.75 Å². The van der Waals surface area contributed by atoms with E-state index < -0.39 is 18.0 Å². The van der Waals surface area contributed by atoms with E-state index in [-0.39, 0.29) is 12.5 Å². The van der Waals surface area contributed by atoms with Gasteiger partial charge in [0, 0.05) is 44.0 Å². The number of amides is 3. The maximum Gasteiger partial charge on any atom is 0.338 e. The van der Waals surface area contributed by atoms with Gasteiger partial charge in [0.25, 0.3) is 5.91 Å². The van der Waals surface area contributed by atoms with Crippen LogP contribution >= 0.6 is 0 Å². The molecule has 4 rings (SSSR count). The Morgan fingerprint density at radius 3 is 2.56 bits per heavy atom. The van der Waals surface area contributed by atoms with Crippen LogP contribution in [0.4, 0.5) is 4.79 Å². The van der Waals surface area contributed by atoms with Gasteiger partial charge >= 0.3 is 12.0 Å². The van der Waals surface area contributed by atoms with E-state index in [1.165, 1.54) is 6.26 Å². The Bertz CT molecular complexity index is 1070. The van der Waals surface area contributed by atoms with E-state index in [0.29, 0.717) is 61.1 Å². The highest BCUT2D eigenvalue weighted by molar-refractivity contribution is 5.95. The highest BCUT2D eigenvalue weighted by Crippen LogP contribution is 2.33. The van der Waals surface area contributed by atoms with Crippen molar-refractivity contribution in [1.82, 2.24) is 20.4 Å². The normalized spacial score (nSPS) is 18.8. The summed E-state index contributed by atoms with van der Waals surface area (Å²) in [7, 11) is 1.54. The number of hydrogen-bond acceptors (Lipinski definition) is 7. The van der Waals surface area contributed by atoms with E-state index >= 15 is 0 Å². The maximum atomic E-state index is 13.0. The van der Waals surface area contributed by atoms with Crippen molar-refractivity contribution in [1.29, 1.82) is 0 Å². The summed E-state index contributed by atoms with van der Waals surface area (Å²) < 4.78 is 16.0. The van der Waals surface area contributed by atoms with Crippen LogP contribution in [0.25, 0.3) is 0 Å². The Hall–Kier alpha value is -3.79. The Morgan fingerprint density at radius 1 is 1.12 bits per heavy atom. The van der Waals surface area contributed by atoms with E-state index in [0.717, 1.165) is 0 Å². The average molecular weight is 469 g/mol. The van der Waals surface area contributed by atoms with E-state index in [4.69, 9.17) is 13.9 Å². The molecule has 2 aliphatic heterocycles. The predicted octanol–water partition coefficient (Wildman–Crippen LogP) is 1.92. The van der Waals surface area contributed by atoms with Gasteiger partial charge in [-0.1, -0.05) is 18.2 Å². The van der Waals surface area contributed by atoms with E-state index in [2.05, 4.69) is 15.5 Å². The van der Waals surface area contributed by atoms with Crippen LogP contribution in [0.3, 0.4) is 0 Å². The summed E-state index contributed by atoms with van der Waals surface area (Å²) in [4.78, 5) is 41.9. The van der Waals surface area contributed by atoms with Gasteiger partial charge in [0.2, 0.25) is 0 Å². The average Bonchev–Trinajstić information content (AvgIpc) is 3.39. The molecule has 10 nitrogen and oxygen atoms in total. The molecule has 0 radical (unpaired) electrons. The first-order valence-corrected chi connectivity index (χ1v) is 11.2. The first-order chi connectivity index (χ1) is 16.5. The highest BCUT2D eigenvalue weighted by atomic mass is 16.5. The summed E-state index contributed by atoms with van der Waals surface area (Å²) in [5, 5.41) is 5.63. The molecule has 180 valence electrons. The van der Waals surface area contributed by atoms with Crippen LogP contribution in [0, 0.1) is 0 Å². The molecule has 1 fully saturated rings. The number of piperazine rings is 1. The predicted molar refractivity (Wildman–Crippen MR) is 122 cm³/mol. The third kappa shape index (κ3) is 4.91. The summed E-state index contributed by atoms with van der Waals surface area (Å²) >= 11 is 0. The number of nitrogens with one attached hydrogen (secondary N) is 2. The fourth-order valence-corrected chi connectivity index (χ4v) is 4.22. The van der Waals surface area contributed by atoms with Crippen LogP contribution in [0.2, 0.25) is 0 Å². The molecule has 1 aromatic heterocycles. The number of furan rings is 1. The van der Waals surface area contributed by atoms with E-state index in [1.807, 2.05) is 18.2 Å². The van der Waals surface area contributed by atoms with Gasteiger partial charge in [-0.2, -0.15) is 0 Å². The number of nitrogens with zero attached hydrogens (tertiary/aromatic N) is 2. The molecule has 0 spiro atoms. The van der Waals surface area contributed by atoms with Gasteiger partial charge < -0.3 is 29.4 Å². The van der Waals surface area contributed by atoms with Gasteiger partial charge in [-0.25, -0.2) is 9.59 Å². The fourth-order valence-electron chi connectivity index (χ4n) is 4.22. The third-order valence-electron chi connectivity index (χ3n) is 5.87. The summed E-state index contributed by atoms with van der Waals surface area (Å²) in [6.45, 7) is 4.43. The number of esters is 1. The second-order valence-electron chi connectivity index (χ2n) is 7.93. The summed E-state index contributed by atoms with van der Waals surface area (Å²) in [5.41, 5.74) is 1.47. The molecule has 10 heteroatoms. The molecule has 0 aliphatic carbocycles. The van der Waals surface area contributed by atoms with Crippen molar-refractivity contribution in [2.24, 2.45) is 0 Å². The lowest BCUT2D eigenvalue weighted by Gasteiger charge is -2.36. The largest absolute Gasteiger partial charge is 0.496 e. The van der Waals surface area contributed by atoms with Gasteiger partial charge in [0.05, 0.1) is 31.6 Å². The van der Waals surface area contributed by atoms with Crippen molar-refractivity contribution in [3.8, 4) is 5.75 Å². The second kappa shape index (κ2) is 10.4. The quantitative estimate of drug-likeness (QED) is 0.597. The van der Waals surface area contributed by atoms with E-state index in [1.54, 1.807) is 37.1 Å². The minimum absolute atomic E-state index is 0.150. The van der Waals surface area contributed by atoms with Gasteiger partial charge in [0.15, 0.2) is 5.76 Å². The first kappa shape index (κ1) is 23.4. The highest BCUT2D eigenvalue weighted by Gasteiger charge is 2.36. The summed E-state index contributed by atoms with van der Waals surface area (Å²) in [6, 6.07) is 9.43. The topological polar surface area (TPSA) is 113 Å². The smallest absolute Gasteiger partial charge is 0.338 e. The number of methoxy groups -OCH3 is 1. The minimum atomic E-state index is -0.722. The van der Waals surface area contributed by atoms with Crippen LogP contribution < -0.4 is 15.4 Å². The molecule has 1 unspecified atom stereocenters. The lowest BCUT2D eigenvalue weighted by Crippen LogP contribution is -2.52. The van der Waals surface area contributed by atoms with Crippen LogP contribution in [-0.2, 0) is 9.53 Å². The molecule has 0 bridgehead atoms. The van der Waals surface area contributed by atoms with Crippen molar-refractivity contribution in [3.05, 3.63) is 65.3 Å². The Kier molecular flexibility index (Phi) is 7.17. The molecule has 34 heavy (non-hydrogen) atoms. The standard InChI is InChI=1S/C24H28N4O6/c1-3-33-23(30)20-17(25-24(31)26-21(20)16-7-4-5-8-18(16)32-2)15-27-10-12-28(13-11-27)22(29)19-9-6-14-34-19/h4-9,14,21H,3,10-13,15H2,1-2H3,(H2,25,26,31). The lowest BCUT2D eigenvalue weighted by atomic mass is 9.94. The Morgan fingerprint density at radius 2 is 1.88 bits per heavy atom. The number of hydrogen-bond donors (Lipinski definition) is 2. The zero-order valence-electron chi connectivity index (χ0n) is 19.2. The zero-order valence-corrected chi connectivity index (χ0v) is 19.2. The van der Waals surface area contributed by atoms with E-state index in [9.17, 15) is 14.4 Å².